The first-order valence-corrected chi connectivity index (χ1v) is 13.2. The molecule has 0 spiro atoms. The van der Waals surface area contributed by atoms with Gasteiger partial charge in [-0.3, -0.25) is 9.36 Å². The quantitative estimate of drug-likeness (QED) is 0.203. The Kier molecular flexibility index (Phi) is 9.37. The Morgan fingerprint density at radius 3 is 2.52 bits per heavy atom. The second-order valence-electron chi connectivity index (χ2n) is 8.21. The lowest BCUT2D eigenvalue weighted by Gasteiger charge is -2.36. The summed E-state index contributed by atoms with van der Waals surface area (Å²) in [6.07, 6.45) is 6.56. The number of fused-ring (bicyclic) bond motifs is 1. The highest BCUT2D eigenvalue weighted by atomic mass is 32.2. The third-order valence-corrected chi connectivity index (χ3v) is 8.41. The molecule has 31 heavy (non-hydrogen) atoms. The van der Waals surface area contributed by atoms with Gasteiger partial charge in [0.1, 0.15) is 0 Å². The second-order valence-corrected chi connectivity index (χ2v) is 10.2. The molecule has 0 heterocycles. The van der Waals surface area contributed by atoms with Gasteiger partial charge in [0.05, 0.1) is 12.5 Å². The fraction of sp³-hybridized carbons (Fsp3) is 0.560. The van der Waals surface area contributed by atoms with Gasteiger partial charge in [0.15, 0.2) is 13.8 Å². The molecule has 2 unspecified atom stereocenters. The molecule has 168 valence electrons. The van der Waals surface area contributed by atoms with Crippen LogP contribution in [0, 0.1) is 11.8 Å². The van der Waals surface area contributed by atoms with Crippen molar-refractivity contribution in [1.29, 1.82) is 0 Å². The summed E-state index contributed by atoms with van der Waals surface area (Å²) >= 11 is 1.59. The van der Waals surface area contributed by atoms with Crippen molar-refractivity contribution in [2.75, 3.05) is 19.0 Å². The Morgan fingerprint density at radius 2 is 1.84 bits per heavy atom. The molecule has 2 aromatic rings. The number of hydrogen-bond donors (Lipinski definition) is 0. The van der Waals surface area contributed by atoms with E-state index < -0.39 is 11.3 Å². The molecule has 0 radical (unpaired) electrons. The van der Waals surface area contributed by atoms with Gasteiger partial charge in [-0.15, -0.1) is 11.8 Å². The lowest BCUT2D eigenvalue weighted by molar-refractivity contribution is -0.156. The van der Waals surface area contributed by atoms with Gasteiger partial charge in [-0.2, -0.15) is 0 Å². The monoisotopic (exact) mass is 460 g/mol. The van der Waals surface area contributed by atoms with Gasteiger partial charge in [-0.05, 0) is 49.1 Å². The van der Waals surface area contributed by atoms with Crippen LogP contribution in [0.1, 0.15) is 52.4 Å². The van der Waals surface area contributed by atoms with E-state index in [0.29, 0.717) is 31.3 Å². The molecule has 3 rings (SSSR count). The number of benzene rings is 2. The minimum atomic E-state index is -1.09. The molecule has 0 bridgehead atoms. The molecule has 0 amide bonds. The van der Waals surface area contributed by atoms with Crippen LogP contribution in [0.25, 0.3) is 10.8 Å². The molecule has 1 fully saturated rings. The zero-order valence-corrected chi connectivity index (χ0v) is 20.3. The minimum absolute atomic E-state index is 0.157. The standard InChI is InChI=1S/C25H33O4PS/c1-3-28-24(26)23(16-19-10-6-5-7-11-19)25(30-27,29-4-2)18-31-22-15-14-20-12-8-9-13-21(20)17-22/h8-9,12-15,17,19,23H,3-7,10-11,16,18H2,1-2H3. The Labute approximate surface area is 191 Å². The molecule has 0 N–H and O–H groups in total. The maximum Gasteiger partial charge on any atom is 0.312 e. The highest BCUT2D eigenvalue weighted by Gasteiger charge is 2.47. The van der Waals surface area contributed by atoms with Crippen LogP contribution in [-0.2, 0) is 18.8 Å². The molecular weight excluding hydrogens is 427 g/mol. The van der Waals surface area contributed by atoms with Crippen LogP contribution in [0.3, 0.4) is 0 Å². The summed E-state index contributed by atoms with van der Waals surface area (Å²) in [4.78, 5) is 14.1. The predicted molar refractivity (Wildman–Crippen MR) is 128 cm³/mol. The van der Waals surface area contributed by atoms with E-state index in [2.05, 4.69) is 30.3 Å². The molecule has 2 aromatic carbocycles. The largest absolute Gasteiger partial charge is 0.466 e. The van der Waals surface area contributed by atoms with E-state index in [-0.39, 0.29) is 14.4 Å². The van der Waals surface area contributed by atoms with Crippen molar-refractivity contribution in [2.24, 2.45) is 11.8 Å². The number of esters is 1. The summed E-state index contributed by atoms with van der Waals surface area (Å²) in [6, 6.07) is 14.5. The van der Waals surface area contributed by atoms with Crippen LogP contribution < -0.4 is 0 Å². The number of hydrogen-bond acceptors (Lipinski definition) is 5. The van der Waals surface area contributed by atoms with Crippen LogP contribution in [0.15, 0.2) is 47.4 Å². The van der Waals surface area contributed by atoms with E-state index in [1.807, 2.05) is 26.0 Å². The third kappa shape index (κ3) is 6.31. The highest BCUT2D eigenvalue weighted by molar-refractivity contribution is 7.99. The van der Waals surface area contributed by atoms with Gasteiger partial charge in [-0.25, -0.2) is 0 Å². The fourth-order valence-electron chi connectivity index (χ4n) is 4.52. The molecule has 1 saturated carbocycles. The predicted octanol–water partition coefficient (Wildman–Crippen LogP) is 7.11. The first kappa shape index (κ1) is 24.2. The summed E-state index contributed by atoms with van der Waals surface area (Å²) in [5.41, 5.74) is 0. The third-order valence-electron chi connectivity index (χ3n) is 6.12. The lowest BCUT2D eigenvalue weighted by atomic mass is 9.81. The van der Waals surface area contributed by atoms with E-state index >= 15 is 0 Å². The van der Waals surface area contributed by atoms with Crippen molar-refractivity contribution >= 4 is 37.0 Å². The van der Waals surface area contributed by atoms with Gasteiger partial charge >= 0.3 is 5.97 Å². The first-order chi connectivity index (χ1) is 15.1. The van der Waals surface area contributed by atoms with E-state index in [1.54, 1.807) is 11.8 Å². The summed E-state index contributed by atoms with van der Waals surface area (Å²) in [5, 5.41) is 1.26. The summed E-state index contributed by atoms with van der Waals surface area (Å²) in [7, 11) is -0.157. The van der Waals surface area contributed by atoms with Crippen molar-refractivity contribution in [3.05, 3.63) is 42.5 Å². The SMILES string of the molecule is CCOC(=O)C(CC1CCCCC1)C(CSc1ccc2ccccc2c1)(OCC)P=O. The summed E-state index contributed by atoms with van der Waals surface area (Å²) < 4.78 is 24.1. The number of ether oxygens (including phenoxy) is 2. The normalized spacial score (nSPS) is 18.0. The Morgan fingerprint density at radius 1 is 1.10 bits per heavy atom. The lowest BCUT2D eigenvalue weighted by Crippen LogP contribution is -2.44. The molecule has 0 aromatic heterocycles. The van der Waals surface area contributed by atoms with Crippen molar-refractivity contribution in [2.45, 2.75) is 62.6 Å². The van der Waals surface area contributed by atoms with Crippen LogP contribution in [0.5, 0.6) is 0 Å². The molecule has 4 nitrogen and oxygen atoms in total. The minimum Gasteiger partial charge on any atom is -0.466 e. The Bertz CT molecular complexity index is 867. The average molecular weight is 461 g/mol. The number of carbonyl (C=O) groups excluding carboxylic acids is 1. The highest BCUT2D eigenvalue weighted by Crippen LogP contribution is 2.44. The van der Waals surface area contributed by atoms with Gasteiger partial charge in [0, 0.05) is 17.3 Å². The zero-order chi connectivity index (χ0) is 22.1. The maximum absolute atomic E-state index is 13.0. The zero-order valence-electron chi connectivity index (χ0n) is 18.5. The van der Waals surface area contributed by atoms with E-state index in [4.69, 9.17) is 9.47 Å². The maximum atomic E-state index is 13.0. The topological polar surface area (TPSA) is 52.6 Å². The van der Waals surface area contributed by atoms with Crippen molar-refractivity contribution in [3.63, 3.8) is 0 Å². The second kappa shape index (κ2) is 12.0. The fourth-order valence-corrected chi connectivity index (χ4v) is 6.47. The molecule has 2 atom stereocenters. The van der Waals surface area contributed by atoms with Gasteiger partial charge in [-0.1, -0.05) is 62.4 Å². The van der Waals surface area contributed by atoms with Crippen molar-refractivity contribution in [1.82, 2.24) is 0 Å². The van der Waals surface area contributed by atoms with E-state index in [9.17, 15) is 9.36 Å². The van der Waals surface area contributed by atoms with E-state index in [0.717, 1.165) is 17.7 Å². The van der Waals surface area contributed by atoms with Gasteiger partial charge in [0.25, 0.3) is 0 Å². The smallest absolute Gasteiger partial charge is 0.312 e. The van der Waals surface area contributed by atoms with E-state index in [1.165, 1.54) is 30.0 Å². The van der Waals surface area contributed by atoms with Crippen LogP contribution in [0.4, 0.5) is 0 Å². The summed E-state index contributed by atoms with van der Waals surface area (Å²) in [5.74, 6) is 0.0579. The molecular formula is C25H33O4PS. The number of carbonyl (C=O) groups is 1. The van der Waals surface area contributed by atoms with Crippen molar-refractivity contribution in [3.8, 4) is 0 Å². The number of thioether (sulfide) groups is 1. The molecule has 1 aliphatic rings. The molecule has 1 aliphatic carbocycles. The Hall–Kier alpha value is -1.42. The summed E-state index contributed by atoms with van der Waals surface area (Å²) in [6.45, 7) is 4.42. The Balaban J connectivity index is 1.84. The first-order valence-electron chi connectivity index (χ1n) is 11.4. The number of rotatable bonds is 11. The van der Waals surface area contributed by atoms with Crippen LogP contribution in [0.2, 0.25) is 0 Å². The molecule has 0 aliphatic heterocycles. The van der Waals surface area contributed by atoms with Crippen LogP contribution >= 0.6 is 20.2 Å². The average Bonchev–Trinajstić information content (AvgIpc) is 2.81. The molecule has 0 saturated heterocycles. The van der Waals surface area contributed by atoms with Crippen LogP contribution in [-0.4, -0.2) is 30.3 Å². The van der Waals surface area contributed by atoms with Crippen molar-refractivity contribution < 1.29 is 18.8 Å². The van der Waals surface area contributed by atoms with Gasteiger partial charge < -0.3 is 9.47 Å². The van der Waals surface area contributed by atoms with Gasteiger partial charge in [0.2, 0.25) is 0 Å². The molecule has 6 heteroatoms.